The number of allylic oxidation sites excluding steroid dienone is 1. The molecule has 0 bridgehead atoms. The molecule has 2 aromatic rings. The third-order valence-electron chi connectivity index (χ3n) is 4.25. The Kier molecular flexibility index (Phi) is 6.05. The summed E-state index contributed by atoms with van der Waals surface area (Å²) in [6.45, 7) is 3.71. The number of carbonyl (C=O) groups is 1. The lowest BCUT2D eigenvalue weighted by Gasteiger charge is -2.30. The molecule has 1 aliphatic rings. The summed E-state index contributed by atoms with van der Waals surface area (Å²) in [4.78, 5) is 12.1. The molecule has 2 aromatic carbocycles. The highest BCUT2D eigenvalue weighted by Gasteiger charge is 2.27. The normalized spacial score (nSPS) is 16.6. The van der Waals surface area contributed by atoms with Gasteiger partial charge in [0.2, 0.25) is 0 Å². The zero-order valence-corrected chi connectivity index (χ0v) is 17.1. The molecule has 1 heterocycles. The van der Waals surface area contributed by atoms with E-state index in [1.807, 2.05) is 37.3 Å². The number of thiocarbonyl (C=S) groups is 1. The number of nitrogens with one attached hydrogen (secondary N) is 2. The Labute approximate surface area is 173 Å². The molecule has 0 saturated heterocycles. The second-order valence-corrected chi connectivity index (χ2v) is 7.48. The number of carbonyl (C=O) groups excluding carboxylic acids is 1. The van der Waals surface area contributed by atoms with Crippen molar-refractivity contribution in [2.24, 2.45) is 0 Å². The topological polar surface area (TPSA) is 50.4 Å². The summed E-state index contributed by atoms with van der Waals surface area (Å²) in [6, 6.07) is 12.5. The Morgan fingerprint density at radius 3 is 2.70 bits per heavy atom. The smallest absolute Gasteiger partial charge is 0.171 e. The van der Waals surface area contributed by atoms with Gasteiger partial charge in [0, 0.05) is 26.9 Å². The van der Waals surface area contributed by atoms with Crippen LogP contribution in [0.15, 0.2) is 53.7 Å². The largest absolute Gasteiger partial charge is 0.489 e. The molecule has 0 spiro atoms. The van der Waals surface area contributed by atoms with Crippen LogP contribution in [0.1, 0.15) is 31.0 Å². The number of hydrogen-bond acceptors (Lipinski definition) is 3. The number of ether oxygens (including phenoxy) is 1. The Balaban J connectivity index is 1.83. The van der Waals surface area contributed by atoms with Gasteiger partial charge in [0.05, 0.1) is 6.04 Å². The lowest BCUT2D eigenvalue weighted by atomic mass is 9.93. The first kappa shape index (κ1) is 19.7. The summed E-state index contributed by atoms with van der Waals surface area (Å²) < 4.78 is 5.89. The molecular formula is C20H18Cl2N2O2S. The number of hydrogen-bond donors (Lipinski definition) is 2. The molecule has 1 aliphatic heterocycles. The van der Waals surface area contributed by atoms with Gasteiger partial charge in [0.25, 0.3) is 0 Å². The molecule has 0 amide bonds. The molecule has 1 unspecified atom stereocenters. The standard InChI is InChI=1S/C20H18Cl2N2O2S/c1-11-18(12(2)25)19(24-20(27)23-11)13-4-3-5-16(8-13)26-10-14-6-7-15(21)9-17(14)22/h3-9,19H,10H2,1-2H3,(H2,23,24,27). The zero-order valence-electron chi connectivity index (χ0n) is 14.8. The molecule has 0 aromatic heterocycles. The minimum absolute atomic E-state index is 0.0146. The predicted octanol–water partition coefficient (Wildman–Crippen LogP) is 4.95. The van der Waals surface area contributed by atoms with Crippen LogP contribution in [0, 0.1) is 0 Å². The number of rotatable bonds is 5. The summed E-state index contributed by atoms with van der Waals surface area (Å²) in [5, 5.41) is 7.79. The van der Waals surface area contributed by atoms with E-state index in [0.717, 1.165) is 16.8 Å². The van der Waals surface area contributed by atoms with Crippen LogP contribution in [-0.2, 0) is 11.4 Å². The minimum atomic E-state index is -0.320. The van der Waals surface area contributed by atoms with Crippen LogP contribution < -0.4 is 15.4 Å². The molecule has 0 aliphatic carbocycles. The Morgan fingerprint density at radius 2 is 2.00 bits per heavy atom. The van der Waals surface area contributed by atoms with E-state index < -0.39 is 0 Å². The maximum Gasteiger partial charge on any atom is 0.171 e. The van der Waals surface area contributed by atoms with Gasteiger partial charge in [-0.1, -0.05) is 41.4 Å². The van der Waals surface area contributed by atoms with Gasteiger partial charge < -0.3 is 15.4 Å². The van der Waals surface area contributed by atoms with E-state index in [4.69, 9.17) is 40.2 Å². The molecule has 0 saturated carbocycles. The first-order valence-electron chi connectivity index (χ1n) is 8.31. The Morgan fingerprint density at radius 1 is 1.22 bits per heavy atom. The average molecular weight is 421 g/mol. The van der Waals surface area contributed by atoms with Crippen molar-refractivity contribution < 1.29 is 9.53 Å². The van der Waals surface area contributed by atoms with Crippen LogP contribution in [0.3, 0.4) is 0 Å². The van der Waals surface area contributed by atoms with Crippen LogP contribution in [-0.4, -0.2) is 10.9 Å². The van der Waals surface area contributed by atoms with Gasteiger partial charge in [-0.05, 0) is 55.9 Å². The van der Waals surface area contributed by atoms with Gasteiger partial charge in [-0.15, -0.1) is 0 Å². The summed E-state index contributed by atoms with van der Waals surface area (Å²) in [6.07, 6.45) is 0. The van der Waals surface area contributed by atoms with Gasteiger partial charge in [-0.2, -0.15) is 0 Å². The van der Waals surface area contributed by atoms with E-state index in [2.05, 4.69) is 10.6 Å². The van der Waals surface area contributed by atoms with Crippen molar-refractivity contribution in [2.75, 3.05) is 0 Å². The number of Topliss-reactive ketones (excluding diaryl/α,β-unsaturated/α-hetero) is 1. The number of halogens is 2. The number of benzene rings is 2. The van der Waals surface area contributed by atoms with Crippen LogP contribution >= 0.6 is 35.4 Å². The maximum atomic E-state index is 12.1. The van der Waals surface area contributed by atoms with Crippen molar-refractivity contribution in [3.63, 3.8) is 0 Å². The highest BCUT2D eigenvalue weighted by atomic mass is 35.5. The van der Waals surface area contributed by atoms with E-state index in [9.17, 15) is 4.79 Å². The highest BCUT2D eigenvalue weighted by molar-refractivity contribution is 7.80. The molecule has 140 valence electrons. The van der Waals surface area contributed by atoms with Gasteiger partial charge in [-0.3, -0.25) is 4.79 Å². The molecule has 2 N–H and O–H groups in total. The van der Waals surface area contributed by atoms with Crippen LogP contribution in [0.2, 0.25) is 10.0 Å². The van der Waals surface area contributed by atoms with Crippen molar-refractivity contribution in [3.05, 3.63) is 74.9 Å². The molecule has 27 heavy (non-hydrogen) atoms. The van der Waals surface area contributed by atoms with Crippen LogP contribution in [0.5, 0.6) is 5.75 Å². The molecule has 3 rings (SSSR count). The van der Waals surface area contributed by atoms with E-state index in [1.165, 1.54) is 0 Å². The second kappa shape index (κ2) is 8.30. The fourth-order valence-corrected chi connectivity index (χ4v) is 3.73. The molecule has 4 nitrogen and oxygen atoms in total. The van der Waals surface area contributed by atoms with Gasteiger partial charge in [0.1, 0.15) is 12.4 Å². The Bertz CT molecular complexity index is 943. The minimum Gasteiger partial charge on any atom is -0.489 e. The van der Waals surface area contributed by atoms with E-state index in [0.29, 0.717) is 33.1 Å². The fraction of sp³-hybridized carbons (Fsp3) is 0.200. The average Bonchev–Trinajstić information content (AvgIpc) is 2.60. The summed E-state index contributed by atoms with van der Waals surface area (Å²) in [7, 11) is 0. The molecule has 1 atom stereocenters. The molecular weight excluding hydrogens is 403 g/mol. The fourth-order valence-electron chi connectivity index (χ4n) is 2.99. The maximum absolute atomic E-state index is 12.1. The first-order chi connectivity index (χ1) is 12.8. The highest BCUT2D eigenvalue weighted by Crippen LogP contribution is 2.30. The summed E-state index contributed by atoms with van der Waals surface area (Å²) in [5.41, 5.74) is 3.15. The number of ketones is 1. The monoisotopic (exact) mass is 420 g/mol. The summed E-state index contributed by atoms with van der Waals surface area (Å²) in [5.74, 6) is 0.657. The van der Waals surface area contributed by atoms with Gasteiger partial charge in [-0.25, -0.2) is 0 Å². The van der Waals surface area contributed by atoms with Crippen LogP contribution in [0.4, 0.5) is 0 Å². The molecule has 0 fully saturated rings. The van der Waals surface area contributed by atoms with Crippen molar-refractivity contribution in [1.29, 1.82) is 0 Å². The van der Waals surface area contributed by atoms with Gasteiger partial charge in [0.15, 0.2) is 10.9 Å². The second-order valence-electron chi connectivity index (χ2n) is 6.22. The molecule has 0 radical (unpaired) electrons. The van der Waals surface area contributed by atoms with E-state index in [-0.39, 0.29) is 11.8 Å². The zero-order chi connectivity index (χ0) is 19.6. The van der Waals surface area contributed by atoms with Crippen molar-refractivity contribution in [3.8, 4) is 5.75 Å². The third kappa shape index (κ3) is 4.61. The lowest BCUT2D eigenvalue weighted by molar-refractivity contribution is -0.114. The first-order valence-corrected chi connectivity index (χ1v) is 9.47. The van der Waals surface area contributed by atoms with E-state index >= 15 is 0 Å². The summed E-state index contributed by atoms with van der Waals surface area (Å²) >= 11 is 17.4. The van der Waals surface area contributed by atoms with Gasteiger partial charge >= 0.3 is 0 Å². The molecule has 7 heteroatoms. The van der Waals surface area contributed by atoms with Crippen molar-refractivity contribution in [2.45, 2.75) is 26.5 Å². The lowest BCUT2D eigenvalue weighted by Crippen LogP contribution is -2.44. The van der Waals surface area contributed by atoms with Crippen molar-refractivity contribution in [1.82, 2.24) is 10.6 Å². The predicted molar refractivity (Wildman–Crippen MR) is 112 cm³/mol. The third-order valence-corrected chi connectivity index (χ3v) is 5.06. The van der Waals surface area contributed by atoms with E-state index in [1.54, 1.807) is 19.1 Å². The SMILES string of the molecule is CC(=O)C1=C(C)NC(=S)NC1c1cccc(OCc2ccc(Cl)cc2Cl)c1. The van der Waals surface area contributed by atoms with Crippen LogP contribution in [0.25, 0.3) is 0 Å². The van der Waals surface area contributed by atoms with Crippen molar-refractivity contribution >= 4 is 46.3 Å². The quantitative estimate of drug-likeness (QED) is 0.669. The Hall–Kier alpha value is -2.08.